The Bertz CT molecular complexity index is 164. The van der Waals surface area contributed by atoms with Gasteiger partial charge in [-0.2, -0.15) is 17.6 Å². The van der Waals surface area contributed by atoms with Gasteiger partial charge in [-0.05, 0) is 5.92 Å². The Morgan fingerprint density at radius 1 is 1.27 bits per heavy atom. The SMILES string of the molecule is CC(C)/C(=C(\F)Cl)C(F)(F)F. The first-order chi connectivity index (χ1) is 4.76. The first-order valence-electron chi connectivity index (χ1n) is 2.89. The summed E-state index contributed by atoms with van der Waals surface area (Å²) in [6, 6.07) is 0. The van der Waals surface area contributed by atoms with Crippen LogP contribution in [-0.4, -0.2) is 6.18 Å². The molecular formula is C6H7ClF4. The zero-order valence-corrected chi connectivity index (χ0v) is 6.72. The van der Waals surface area contributed by atoms with Crippen molar-refractivity contribution in [2.24, 2.45) is 5.92 Å². The second-order valence-electron chi connectivity index (χ2n) is 2.33. The molecule has 0 saturated heterocycles. The van der Waals surface area contributed by atoms with Crippen LogP contribution in [0.5, 0.6) is 0 Å². The molecule has 0 N–H and O–H groups in total. The van der Waals surface area contributed by atoms with E-state index < -0.39 is 23.0 Å². The number of halogens is 5. The van der Waals surface area contributed by atoms with Crippen molar-refractivity contribution < 1.29 is 17.6 Å². The molecule has 0 radical (unpaired) electrons. The predicted molar refractivity (Wildman–Crippen MR) is 34.9 cm³/mol. The van der Waals surface area contributed by atoms with Crippen LogP contribution in [0.3, 0.4) is 0 Å². The van der Waals surface area contributed by atoms with E-state index in [-0.39, 0.29) is 0 Å². The molecule has 0 aromatic carbocycles. The summed E-state index contributed by atoms with van der Waals surface area (Å²) in [6.45, 7) is 2.45. The minimum Gasteiger partial charge on any atom is -0.193 e. The summed E-state index contributed by atoms with van der Waals surface area (Å²) in [7, 11) is 0. The van der Waals surface area contributed by atoms with Crippen LogP contribution in [0.15, 0.2) is 10.9 Å². The number of alkyl halides is 3. The normalized spacial score (nSPS) is 15.3. The Hall–Kier alpha value is -0.250. The van der Waals surface area contributed by atoms with Crippen LogP contribution in [0.25, 0.3) is 0 Å². The molecule has 0 unspecified atom stereocenters. The average Bonchev–Trinajstić information content (AvgIpc) is 1.54. The van der Waals surface area contributed by atoms with Gasteiger partial charge in [-0.25, -0.2) is 0 Å². The van der Waals surface area contributed by atoms with Crippen LogP contribution in [0.2, 0.25) is 0 Å². The maximum atomic E-state index is 12.0. The van der Waals surface area contributed by atoms with Crippen molar-refractivity contribution in [1.29, 1.82) is 0 Å². The Kier molecular flexibility index (Phi) is 3.35. The Morgan fingerprint density at radius 3 is 1.64 bits per heavy atom. The molecule has 0 aliphatic carbocycles. The lowest BCUT2D eigenvalue weighted by Crippen LogP contribution is -2.17. The quantitative estimate of drug-likeness (QED) is 0.554. The fourth-order valence-corrected chi connectivity index (χ4v) is 0.978. The molecule has 0 saturated carbocycles. The standard InChI is InChI=1S/C6H7ClF4/c1-3(2)4(5(7)8)6(9,10)11/h3H,1-2H3/b5-4+. The van der Waals surface area contributed by atoms with Gasteiger partial charge >= 0.3 is 6.18 Å². The van der Waals surface area contributed by atoms with Gasteiger partial charge in [-0.1, -0.05) is 25.4 Å². The van der Waals surface area contributed by atoms with E-state index in [1.54, 1.807) is 0 Å². The van der Waals surface area contributed by atoms with Crippen LogP contribution in [0.4, 0.5) is 17.6 Å². The van der Waals surface area contributed by atoms with E-state index in [1.807, 2.05) is 0 Å². The van der Waals surface area contributed by atoms with E-state index in [2.05, 4.69) is 11.6 Å². The highest BCUT2D eigenvalue weighted by molar-refractivity contribution is 6.28. The topological polar surface area (TPSA) is 0 Å². The van der Waals surface area contributed by atoms with Crippen LogP contribution < -0.4 is 0 Å². The zero-order valence-electron chi connectivity index (χ0n) is 5.97. The van der Waals surface area contributed by atoms with Gasteiger partial charge in [0.1, 0.15) is 0 Å². The summed E-state index contributed by atoms with van der Waals surface area (Å²) in [6.07, 6.45) is -4.67. The predicted octanol–water partition coefficient (Wildman–Crippen LogP) is 3.62. The number of allylic oxidation sites excluding steroid dienone is 1. The lowest BCUT2D eigenvalue weighted by molar-refractivity contribution is -0.0990. The summed E-state index contributed by atoms with van der Waals surface area (Å²) in [5.74, 6) is -0.951. The highest BCUT2D eigenvalue weighted by atomic mass is 35.5. The van der Waals surface area contributed by atoms with Crippen molar-refractivity contribution in [3.05, 3.63) is 10.9 Å². The second-order valence-corrected chi connectivity index (χ2v) is 2.66. The maximum Gasteiger partial charge on any atom is 0.416 e. The summed E-state index contributed by atoms with van der Waals surface area (Å²) in [4.78, 5) is 0. The molecule has 66 valence electrons. The molecule has 0 amide bonds. The Labute approximate surface area is 66.8 Å². The smallest absolute Gasteiger partial charge is 0.193 e. The largest absolute Gasteiger partial charge is 0.416 e. The van der Waals surface area contributed by atoms with Crippen molar-refractivity contribution in [1.82, 2.24) is 0 Å². The molecule has 0 nitrogen and oxygen atoms in total. The fourth-order valence-electron chi connectivity index (χ4n) is 0.653. The lowest BCUT2D eigenvalue weighted by atomic mass is 10.1. The van der Waals surface area contributed by atoms with Crippen molar-refractivity contribution in [2.45, 2.75) is 20.0 Å². The van der Waals surface area contributed by atoms with Gasteiger partial charge in [-0.3, -0.25) is 0 Å². The molecule has 0 aliphatic rings. The zero-order chi connectivity index (χ0) is 9.23. The summed E-state index contributed by atoms with van der Waals surface area (Å²) >= 11 is 4.62. The van der Waals surface area contributed by atoms with Gasteiger partial charge in [0.15, 0.2) is 5.29 Å². The van der Waals surface area contributed by atoms with E-state index in [4.69, 9.17) is 0 Å². The summed E-state index contributed by atoms with van der Waals surface area (Å²) < 4.78 is 47.6. The first-order valence-corrected chi connectivity index (χ1v) is 3.27. The Morgan fingerprint density at radius 2 is 1.64 bits per heavy atom. The highest BCUT2D eigenvalue weighted by Gasteiger charge is 2.38. The van der Waals surface area contributed by atoms with Gasteiger partial charge < -0.3 is 0 Å². The fraction of sp³-hybridized carbons (Fsp3) is 0.667. The molecule has 0 rings (SSSR count). The van der Waals surface area contributed by atoms with Crippen LogP contribution in [-0.2, 0) is 0 Å². The van der Waals surface area contributed by atoms with Gasteiger partial charge in [0, 0.05) is 0 Å². The molecule has 0 aromatic heterocycles. The van der Waals surface area contributed by atoms with E-state index in [9.17, 15) is 17.6 Å². The van der Waals surface area contributed by atoms with E-state index in [0.717, 1.165) is 0 Å². The van der Waals surface area contributed by atoms with Gasteiger partial charge in [0.25, 0.3) is 0 Å². The minimum absolute atomic E-state index is 0.951. The Balaban J connectivity index is 4.80. The molecule has 0 aromatic rings. The van der Waals surface area contributed by atoms with E-state index >= 15 is 0 Å². The number of rotatable bonds is 1. The molecule has 0 spiro atoms. The highest BCUT2D eigenvalue weighted by Crippen LogP contribution is 2.35. The van der Waals surface area contributed by atoms with Crippen molar-refractivity contribution in [3.8, 4) is 0 Å². The van der Waals surface area contributed by atoms with E-state index in [1.165, 1.54) is 13.8 Å². The third-order valence-electron chi connectivity index (χ3n) is 1.09. The van der Waals surface area contributed by atoms with Gasteiger partial charge in [0.05, 0.1) is 5.57 Å². The molecule has 5 heteroatoms. The third kappa shape index (κ3) is 3.10. The molecule has 0 bridgehead atoms. The van der Waals surface area contributed by atoms with E-state index in [0.29, 0.717) is 0 Å². The monoisotopic (exact) mass is 190 g/mol. The van der Waals surface area contributed by atoms with Crippen molar-refractivity contribution in [2.75, 3.05) is 0 Å². The molecule has 0 fully saturated rings. The molecule has 11 heavy (non-hydrogen) atoms. The molecular weight excluding hydrogens is 184 g/mol. The van der Waals surface area contributed by atoms with Gasteiger partial charge in [-0.15, -0.1) is 0 Å². The minimum atomic E-state index is -4.67. The van der Waals surface area contributed by atoms with Crippen LogP contribution in [0, 0.1) is 5.92 Å². The third-order valence-corrected chi connectivity index (χ3v) is 1.29. The maximum absolute atomic E-state index is 12.0. The van der Waals surface area contributed by atoms with Gasteiger partial charge in [0.2, 0.25) is 0 Å². The number of hydrogen-bond donors (Lipinski definition) is 0. The summed E-state index contributed by atoms with van der Waals surface area (Å²) in [5, 5.41) is -1.67. The van der Waals surface area contributed by atoms with Crippen molar-refractivity contribution in [3.63, 3.8) is 0 Å². The van der Waals surface area contributed by atoms with Crippen molar-refractivity contribution >= 4 is 11.6 Å². The average molecular weight is 191 g/mol. The van der Waals surface area contributed by atoms with Crippen LogP contribution >= 0.6 is 11.6 Å². The first kappa shape index (κ1) is 10.8. The summed E-state index contributed by atoms with van der Waals surface area (Å²) in [5.41, 5.74) is -1.31. The second kappa shape index (κ2) is 3.43. The molecule has 0 heterocycles. The lowest BCUT2D eigenvalue weighted by Gasteiger charge is -2.13. The molecule has 0 aliphatic heterocycles. The number of hydrogen-bond acceptors (Lipinski definition) is 0. The molecule has 0 atom stereocenters. The van der Waals surface area contributed by atoms with Crippen LogP contribution in [0.1, 0.15) is 13.8 Å².